The Balaban J connectivity index is 2.45. The second-order valence-electron chi connectivity index (χ2n) is 4.55. The lowest BCUT2D eigenvalue weighted by Crippen LogP contribution is -2.28. The van der Waals surface area contributed by atoms with Crippen LogP contribution in [0, 0.1) is 25.5 Å². The van der Waals surface area contributed by atoms with Crippen LogP contribution in [0.15, 0.2) is 6.07 Å². The van der Waals surface area contributed by atoms with Crippen molar-refractivity contribution >= 4 is 0 Å². The number of benzene rings is 1. The first-order valence-electron chi connectivity index (χ1n) is 5.79. The molecule has 1 fully saturated rings. The lowest BCUT2D eigenvalue weighted by atomic mass is 9.93. The van der Waals surface area contributed by atoms with Crippen molar-refractivity contribution in [2.45, 2.75) is 39.2 Å². The maximum Gasteiger partial charge on any atom is 0.133 e. The van der Waals surface area contributed by atoms with Gasteiger partial charge in [-0.1, -0.05) is 12.5 Å². The van der Waals surface area contributed by atoms with Crippen molar-refractivity contribution in [1.82, 2.24) is 5.32 Å². The van der Waals surface area contributed by atoms with Crippen molar-refractivity contribution in [3.8, 4) is 0 Å². The van der Waals surface area contributed by atoms with Gasteiger partial charge in [0.25, 0.3) is 0 Å². The van der Waals surface area contributed by atoms with Gasteiger partial charge in [0, 0.05) is 11.6 Å². The summed E-state index contributed by atoms with van der Waals surface area (Å²) in [6.45, 7) is 4.22. The minimum Gasteiger partial charge on any atom is -0.310 e. The zero-order valence-corrected chi connectivity index (χ0v) is 9.74. The van der Waals surface area contributed by atoms with Gasteiger partial charge >= 0.3 is 0 Å². The molecule has 1 nitrogen and oxygen atoms in total. The largest absolute Gasteiger partial charge is 0.310 e. The van der Waals surface area contributed by atoms with Crippen molar-refractivity contribution in [2.75, 3.05) is 6.54 Å². The molecule has 1 N–H and O–H groups in total. The van der Waals surface area contributed by atoms with Gasteiger partial charge in [0.1, 0.15) is 11.6 Å². The summed E-state index contributed by atoms with van der Waals surface area (Å²) in [6, 6.07) is 1.41. The van der Waals surface area contributed by atoms with Crippen LogP contribution in [-0.2, 0) is 0 Å². The second kappa shape index (κ2) is 4.50. The smallest absolute Gasteiger partial charge is 0.133 e. The predicted octanol–water partition coefficient (Wildman–Crippen LogP) is 3.40. The van der Waals surface area contributed by atoms with E-state index in [4.69, 9.17) is 0 Å². The van der Waals surface area contributed by atoms with Crippen molar-refractivity contribution < 1.29 is 8.78 Å². The zero-order valence-electron chi connectivity index (χ0n) is 9.74. The first-order valence-corrected chi connectivity index (χ1v) is 5.79. The molecule has 0 amide bonds. The van der Waals surface area contributed by atoms with Crippen LogP contribution in [0.4, 0.5) is 8.78 Å². The molecule has 1 unspecified atom stereocenters. The molecule has 1 saturated heterocycles. The number of piperidine rings is 1. The van der Waals surface area contributed by atoms with E-state index in [1.807, 2.05) is 0 Å². The standard InChI is InChI=1S/C13H17F2N/c1-8-7-9(2)13(15)11(12(8)14)10-5-3-4-6-16-10/h7,10,16H,3-6H2,1-2H3. The van der Waals surface area contributed by atoms with Crippen LogP contribution in [0.2, 0.25) is 0 Å². The molecule has 1 aliphatic rings. The molecule has 0 spiro atoms. The molecule has 3 heteroatoms. The summed E-state index contributed by atoms with van der Waals surface area (Å²) in [5.74, 6) is -0.773. The van der Waals surface area contributed by atoms with Crippen LogP contribution in [0.3, 0.4) is 0 Å². The minimum absolute atomic E-state index is 0.160. The average Bonchev–Trinajstić information content (AvgIpc) is 2.28. The van der Waals surface area contributed by atoms with Gasteiger partial charge in [-0.25, -0.2) is 8.78 Å². The molecule has 0 bridgehead atoms. The van der Waals surface area contributed by atoms with E-state index < -0.39 is 0 Å². The van der Waals surface area contributed by atoms with Crippen molar-refractivity contribution in [1.29, 1.82) is 0 Å². The molecule has 1 heterocycles. The fourth-order valence-corrected chi connectivity index (χ4v) is 2.38. The Hall–Kier alpha value is -0.960. The first kappa shape index (κ1) is 11.5. The molecule has 2 rings (SSSR count). The van der Waals surface area contributed by atoms with Crippen LogP contribution < -0.4 is 5.32 Å². The third-order valence-corrected chi connectivity index (χ3v) is 3.26. The van der Waals surface area contributed by atoms with Crippen LogP contribution >= 0.6 is 0 Å². The number of hydrogen-bond acceptors (Lipinski definition) is 1. The highest BCUT2D eigenvalue weighted by atomic mass is 19.1. The maximum absolute atomic E-state index is 13.9. The monoisotopic (exact) mass is 225 g/mol. The topological polar surface area (TPSA) is 12.0 Å². The normalized spacial score (nSPS) is 21.1. The van der Waals surface area contributed by atoms with Crippen LogP contribution in [0.25, 0.3) is 0 Å². The quantitative estimate of drug-likeness (QED) is 0.772. The molecule has 0 aliphatic carbocycles. The molecular formula is C13H17F2N. The molecule has 88 valence electrons. The summed E-state index contributed by atoms with van der Waals surface area (Å²) < 4.78 is 27.9. The fourth-order valence-electron chi connectivity index (χ4n) is 2.38. The number of rotatable bonds is 1. The lowest BCUT2D eigenvalue weighted by Gasteiger charge is -2.25. The van der Waals surface area contributed by atoms with Crippen molar-refractivity contribution in [2.24, 2.45) is 0 Å². The highest BCUT2D eigenvalue weighted by Gasteiger charge is 2.24. The minimum atomic E-state index is -0.387. The van der Waals surface area contributed by atoms with E-state index in [-0.39, 0.29) is 23.2 Å². The Kier molecular flexibility index (Phi) is 3.24. The van der Waals surface area contributed by atoms with Gasteiger partial charge in [0.2, 0.25) is 0 Å². The Morgan fingerprint density at radius 3 is 2.25 bits per heavy atom. The molecule has 1 aromatic rings. The fraction of sp³-hybridized carbons (Fsp3) is 0.538. The number of hydrogen-bond donors (Lipinski definition) is 1. The van der Waals surface area contributed by atoms with Crippen molar-refractivity contribution in [3.05, 3.63) is 34.4 Å². The van der Waals surface area contributed by atoms with Gasteiger partial charge in [-0.2, -0.15) is 0 Å². The average molecular weight is 225 g/mol. The van der Waals surface area contributed by atoms with E-state index in [1.165, 1.54) is 0 Å². The Labute approximate surface area is 94.9 Å². The molecule has 0 radical (unpaired) electrons. The third kappa shape index (κ3) is 1.96. The molecular weight excluding hydrogens is 208 g/mol. The summed E-state index contributed by atoms with van der Waals surface area (Å²) in [5.41, 5.74) is 1.29. The van der Waals surface area contributed by atoms with Gasteiger partial charge < -0.3 is 5.32 Å². The van der Waals surface area contributed by atoms with Gasteiger partial charge in [-0.15, -0.1) is 0 Å². The number of aryl methyl sites for hydroxylation is 2. The van der Waals surface area contributed by atoms with Gasteiger partial charge in [-0.3, -0.25) is 0 Å². The Bertz CT molecular complexity index is 369. The van der Waals surface area contributed by atoms with E-state index in [9.17, 15) is 8.78 Å². The predicted molar refractivity (Wildman–Crippen MR) is 60.4 cm³/mol. The summed E-state index contributed by atoms with van der Waals surface area (Å²) in [7, 11) is 0. The van der Waals surface area contributed by atoms with Gasteiger partial charge in [0.15, 0.2) is 0 Å². The molecule has 0 aromatic heterocycles. The van der Waals surface area contributed by atoms with Crippen LogP contribution in [-0.4, -0.2) is 6.54 Å². The van der Waals surface area contributed by atoms with Crippen LogP contribution in [0.1, 0.15) is 42.0 Å². The highest BCUT2D eigenvalue weighted by molar-refractivity contribution is 5.34. The second-order valence-corrected chi connectivity index (χ2v) is 4.55. The van der Waals surface area contributed by atoms with Gasteiger partial charge in [-0.05, 0) is 44.4 Å². The molecule has 0 saturated carbocycles. The number of nitrogens with one attached hydrogen (secondary N) is 1. The third-order valence-electron chi connectivity index (χ3n) is 3.26. The summed E-state index contributed by atoms with van der Waals surface area (Å²) >= 11 is 0. The lowest BCUT2D eigenvalue weighted by molar-refractivity contribution is 0.383. The molecule has 1 aliphatic heterocycles. The summed E-state index contributed by atoms with van der Waals surface area (Å²) in [5, 5.41) is 3.19. The van der Waals surface area contributed by atoms with E-state index in [0.717, 1.165) is 25.8 Å². The van der Waals surface area contributed by atoms with Gasteiger partial charge in [0.05, 0.1) is 0 Å². The molecule has 16 heavy (non-hydrogen) atoms. The number of halogens is 2. The first-order chi connectivity index (χ1) is 7.61. The SMILES string of the molecule is Cc1cc(C)c(F)c(C2CCCCN2)c1F. The molecule has 1 atom stereocenters. The summed E-state index contributed by atoms with van der Waals surface area (Å²) in [6.07, 6.45) is 2.94. The Morgan fingerprint density at radius 2 is 1.75 bits per heavy atom. The van der Waals surface area contributed by atoms with Crippen molar-refractivity contribution in [3.63, 3.8) is 0 Å². The van der Waals surface area contributed by atoms with E-state index in [2.05, 4.69) is 5.32 Å². The molecule has 1 aromatic carbocycles. The highest BCUT2D eigenvalue weighted by Crippen LogP contribution is 2.30. The summed E-state index contributed by atoms with van der Waals surface area (Å²) in [4.78, 5) is 0. The van der Waals surface area contributed by atoms with E-state index >= 15 is 0 Å². The Morgan fingerprint density at radius 1 is 1.12 bits per heavy atom. The van der Waals surface area contributed by atoms with E-state index in [1.54, 1.807) is 19.9 Å². The van der Waals surface area contributed by atoms with E-state index in [0.29, 0.717) is 11.1 Å². The maximum atomic E-state index is 13.9. The van der Waals surface area contributed by atoms with Crippen LogP contribution in [0.5, 0.6) is 0 Å². The zero-order chi connectivity index (χ0) is 11.7.